The van der Waals surface area contributed by atoms with Crippen molar-refractivity contribution in [1.29, 1.82) is 0 Å². The number of hydrogen-bond donors (Lipinski definition) is 0. The Morgan fingerprint density at radius 2 is 2.00 bits per heavy atom. The molecule has 124 valence electrons. The Bertz CT molecular complexity index is 861. The van der Waals surface area contributed by atoms with Gasteiger partial charge in [-0.05, 0) is 19.4 Å². The lowest BCUT2D eigenvalue weighted by atomic mass is 10.2. The fraction of sp³-hybridized carbons (Fsp3) is 0.294. The van der Waals surface area contributed by atoms with Gasteiger partial charge in [0.2, 0.25) is 5.69 Å². The molecule has 0 atom stereocenters. The number of carbonyl (C=O) groups excluding carboxylic acids is 1. The van der Waals surface area contributed by atoms with Crippen molar-refractivity contribution < 1.29 is 14.1 Å². The molecule has 0 spiro atoms. The summed E-state index contributed by atoms with van der Waals surface area (Å²) < 4.78 is 10.3. The van der Waals surface area contributed by atoms with Crippen molar-refractivity contribution in [2.24, 2.45) is 0 Å². The summed E-state index contributed by atoms with van der Waals surface area (Å²) in [7, 11) is 1.90. The lowest BCUT2D eigenvalue weighted by molar-refractivity contribution is 0.0517. The predicted octanol–water partition coefficient (Wildman–Crippen LogP) is 2.74. The molecule has 0 radical (unpaired) electrons. The highest BCUT2D eigenvalue weighted by Gasteiger charge is 2.24. The van der Waals surface area contributed by atoms with E-state index < -0.39 is 5.97 Å². The Kier molecular flexibility index (Phi) is 4.41. The summed E-state index contributed by atoms with van der Waals surface area (Å²) in [5, 5.41) is 4.30. The summed E-state index contributed by atoms with van der Waals surface area (Å²) in [6.45, 7) is 4.39. The SMILES string of the molecule is CCOC(=O)c1noc2nc(C)nc(N(C)Cc3ccccc3)c12. The molecule has 0 bridgehead atoms. The number of aromatic nitrogens is 3. The second-order valence-corrected chi connectivity index (χ2v) is 5.37. The minimum atomic E-state index is -0.543. The highest BCUT2D eigenvalue weighted by atomic mass is 16.5. The predicted molar refractivity (Wildman–Crippen MR) is 88.8 cm³/mol. The van der Waals surface area contributed by atoms with Crippen molar-refractivity contribution in [2.75, 3.05) is 18.6 Å². The molecule has 0 unspecified atom stereocenters. The van der Waals surface area contributed by atoms with Crippen LogP contribution in [0, 0.1) is 6.92 Å². The van der Waals surface area contributed by atoms with Crippen LogP contribution in [0.4, 0.5) is 5.82 Å². The summed E-state index contributed by atoms with van der Waals surface area (Å²) in [6.07, 6.45) is 0. The number of rotatable bonds is 5. The molecule has 0 amide bonds. The molecular formula is C17H18N4O3. The van der Waals surface area contributed by atoms with Crippen LogP contribution in [0.3, 0.4) is 0 Å². The average molecular weight is 326 g/mol. The summed E-state index contributed by atoms with van der Waals surface area (Å²) in [5.74, 6) is 0.590. The number of benzene rings is 1. The molecule has 1 aromatic carbocycles. The van der Waals surface area contributed by atoms with Crippen LogP contribution in [0.15, 0.2) is 34.9 Å². The minimum absolute atomic E-state index is 0.0989. The third-order valence-corrected chi connectivity index (χ3v) is 3.52. The Balaban J connectivity index is 2.05. The molecule has 24 heavy (non-hydrogen) atoms. The molecule has 0 fully saturated rings. The van der Waals surface area contributed by atoms with E-state index in [0.29, 0.717) is 23.6 Å². The van der Waals surface area contributed by atoms with Gasteiger partial charge in [0.25, 0.3) is 5.71 Å². The first-order chi connectivity index (χ1) is 11.6. The first-order valence-electron chi connectivity index (χ1n) is 7.66. The Hall–Kier alpha value is -2.96. The zero-order valence-corrected chi connectivity index (χ0v) is 13.8. The van der Waals surface area contributed by atoms with Crippen LogP contribution in [-0.2, 0) is 11.3 Å². The van der Waals surface area contributed by atoms with Gasteiger partial charge < -0.3 is 14.2 Å². The average Bonchev–Trinajstić information content (AvgIpc) is 2.99. The number of anilines is 1. The van der Waals surface area contributed by atoms with E-state index in [4.69, 9.17) is 9.26 Å². The second-order valence-electron chi connectivity index (χ2n) is 5.37. The molecule has 7 nitrogen and oxygen atoms in total. The van der Waals surface area contributed by atoms with E-state index >= 15 is 0 Å². The van der Waals surface area contributed by atoms with E-state index in [9.17, 15) is 4.79 Å². The first-order valence-corrected chi connectivity index (χ1v) is 7.66. The van der Waals surface area contributed by atoms with Gasteiger partial charge in [0.05, 0.1) is 6.61 Å². The first kappa shape index (κ1) is 15.9. The summed E-state index contributed by atoms with van der Waals surface area (Å²) in [5.41, 5.74) is 1.50. The lowest BCUT2D eigenvalue weighted by Crippen LogP contribution is -2.19. The number of ether oxygens (including phenoxy) is 1. The van der Waals surface area contributed by atoms with Gasteiger partial charge in [0.1, 0.15) is 17.0 Å². The maximum Gasteiger partial charge on any atom is 0.361 e. The van der Waals surface area contributed by atoms with Crippen molar-refractivity contribution in [2.45, 2.75) is 20.4 Å². The van der Waals surface area contributed by atoms with Gasteiger partial charge in [-0.1, -0.05) is 35.5 Å². The largest absolute Gasteiger partial charge is 0.461 e. The maximum atomic E-state index is 12.1. The molecular weight excluding hydrogens is 308 g/mol. The molecule has 3 aromatic rings. The molecule has 2 heterocycles. The van der Waals surface area contributed by atoms with Crippen LogP contribution in [0.5, 0.6) is 0 Å². The molecule has 0 aliphatic carbocycles. The van der Waals surface area contributed by atoms with Crippen molar-refractivity contribution in [3.05, 3.63) is 47.4 Å². The van der Waals surface area contributed by atoms with Gasteiger partial charge in [-0.25, -0.2) is 9.78 Å². The van der Waals surface area contributed by atoms with Gasteiger partial charge in [0.15, 0.2) is 0 Å². The third-order valence-electron chi connectivity index (χ3n) is 3.52. The quantitative estimate of drug-likeness (QED) is 0.667. The zero-order valence-electron chi connectivity index (χ0n) is 13.8. The van der Waals surface area contributed by atoms with Gasteiger partial charge in [-0.3, -0.25) is 0 Å². The number of nitrogens with zero attached hydrogens (tertiary/aromatic N) is 4. The molecule has 0 saturated heterocycles. The van der Waals surface area contributed by atoms with Gasteiger partial charge in [-0.2, -0.15) is 4.98 Å². The molecule has 7 heteroatoms. The Morgan fingerprint density at radius 3 is 2.71 bits per heavy atom. The van der Waals surface area contributed by atoms with Crippen LogP contribution < -0.4 is 4.90 Å². The Labute approximate surface area is 139 Å². The van der Waals surface area contributed by atoms with Gasteiger partial charge in [0, 0.05) is 13.6 Å². The van der Waals surface area contributed by atoms with E-state index in [2.05, 4.69) is 15.1 Å². The monoisotopic (exact) mass is 326 g/mol. The number of hydrogen-bond acceptors (Lipinski definition) is 7. The maximum absolute atomic E-state index is 12.1. The minimum Gasteiger partial charge on any atom is -0.461 e. The van der Waals surface area contributed by atoms with Gasteiger partial charge >= 0.3 is 5.97 Å². The molecule has 2 aromatic heterocycles. The molecule has 0 N–H and O–H groups in total. The van der Waals surface area contributed by atoms with Crippen LogP contribution >= 0.6 is 0 Å². The summed E-state index contributed by atoms with van der Waals surface area (Å²) >= 11 is 0. The number of carbonyl (C=O) groups is 1. The van der Waals surface area contributed by atoms with Crippen LogP contribution in [0.25, 0.3) is 11.1 Å². The van der Waals surface area contributed by atoms with Crippen molar-refractivity contribution >= 4 is 22.9 Å². The molecule has 0 aliphatic rings. The number of fused-ring (bicyclic) bond motifs is 1. The second kappa shape index (κ2) is 6.66. The highest BCUT2D eigenvalue weighted by Crippen LogP contribution is 2.28. The van der Waals surface area contributed by atoms with E-state index in [0.717, 1.165) is 5.56 Å². The summed E-state index contributed by atoms with van der Waals surface area (Å²) in [4.78, 5) is 22.7. The number of esters is 1. The third kappa shape index (κ3) is 3.05. The van der Waals surface area contributed by atoms with Crippen molar-refractivity contribution in [3.63, 3.8) is 0 Å². The molecule has 3 rings (SSSR count). The lowest BCUT2D eigenvalue weighted by Gasteiger charge is -2.19. The normalized spacial score (nSPS) is 10.8. The molecule has 0 aliphatic heterocycles. The zero-order chi connectivity index (χ0) is 17.1. The van der Waals surface area contributed by atoms with Crippen LogP contribution in [0.1, 0.15) is 28.8 Å². The fourth-order valence-corrected chi connectivity index (χ4v) is 2.49. The van der Waals surface area contributed by atoms with Crippen LogP contribution in [-0.4, -0.2) is 34.7 Å². The molecule has 0 saturated carbocycles. The van der Waals surface area contributed by atoms with E-state index in [1.807, 2.05) is 42.3 Å². The van der Waals surface area contributed by atoms with Crippen molar-refractivity contribution in [1.82, 2.24) is 15.1 Å². The smallest absolute Gasteiger partial charge is 0.361 e. The van der Waals surface area contributed by atoms with Crippen molar-refractivity contribution in [3.8, 4) is 0 Å². The van der Waals surface area contributed by atoms with E-state index in [-0.39, 0.29) is 18.0 Å². The topological polar surface area (TPSA) is 81.3 Å². The van der Waals surface area contributed by atoms with E-state index in [1.165, 1.54) is 0 Å². The fourth-order valence-electron chi connectivity index (χ4n) is 2.49. The summed E-state index contributed by atoms with van der Waals surface area (Å²) in [6, 6.07) is 9.99. The highest BCUT2D eigenvalue weighted by molar-refractivity contribution is 6.04. The van der Waals surface area contributed by atoms with Crippen LogP contribution in [0.2, 0.25) is 0 Å². The Morgan fingerprint density at radius 1 is 1.25 bits per heavy atom. The van der Waals surface area contributed by atoms with Gasteiger partial charge in [-0.15, -0.1) is 0 Å². The van der Waals surface area contributed by atoms with E-state index in [1.54, 1.807) is 13.8 Å². The standard InChI is InChI=1S/C17H18N4O3/c1-4-23-17(22)14-13-15(18-11(2)19-16(13)24-20-14)21(3)10-12-8-6-5-7-9-12/h5-9H,4,10H2,1-3H3. The number of aryl methyl sites for hydroxylation is 1.